The van der Waals surface area contributed by atoms with Crippen LogP contribution in [-0.4, -0.2) is 62.3 Å². The first kappa shape index (κ1) is 24.0. The Kier molecular flexibility index (Phi) is 7.49. The van der Waals surface area contributed by atoms with Crippen LogP contribution in [0.25, 0.3) is 0 Å². The average Bonchev–Trinajstić information content (AvgIpc) is 2.87. The molecule has 3 fully saturated rings. The number of piperidine rings is 1. The summed E-state index contributed by atoms with van der Waals surface area (Å²) in [6, 6.07) is 17.5. The lowest BCUT2D eigenvalue weighted by Crippen LogP contribution is -2.60. The molecule has 3 saturated heterocycles. The van der Waals surface area contributed by atoms with Crippen LogP contribution in [0.4, 0.5) is 5.69 Å². The molecule has 1 spiro atoms. The quantitative estimate of drug-likeness (QED) is 0.368. The largest absolute Gasteiger partial charge is 0.376 e. The second kappa shape index (κ2) is 10.9. The van der Waals surface area contributed by atoms with E-state index in [-0.39, 0.29) is 6.10 Å². The van der Waals surface area contributed by atoms with Gasteiger partial charge in [-0.15, -0.1) is 0 Å². The molecule has 0 saturated carbocycles. The number of likely N-dealkylation sites (tertiary alicyclic amines) is 1. The fourth-order valence-electron chi connectivity index (χ4n) is 5.80. The number of hydrogen-bond donors (Lipinski definition) is 1. The number of benzene rings is 2. The van der Waals surface area contributed by atoms with Gasteiger partial charge in [-0.3, -0.25) is 9.89 Å². The summed E-state index contributed by atoms with van der Waals surface area (Å²) in [7, 11) is 0. The van der Waals surface area contributed by atoms with Crippen molar-refractivity contribution in [1.82, 2.24) is 4.90 Å². The van der Waals surface area contributed by atoms with Crippen LogP contribution < -0.4 is 10.7 Å². The van der Waals surface area contributed by atoms with E-state index in [0.29, 0.717) is 12.0 Å². The molecule has 2 aromatic carbocycles. The van der Waals surface area contributed by atoms with Crippen LogP contribution in [0.2, 0.25) is 0 Å². The summed E-state index contributed by atoms with van der Waals surface area (Å²) < 4.78 is 5.77. The van der Waals surface area contributed by atoms with Crippen LogP contribution in [0.15, 0.2) is 58.6 Å². The van der Waals surface area contributed by atoms with Gasteiger partial charge in [-0.1, -0.05) is 36.4 Å². The van der Waals surface area contributed by atoms with E-state index < -0.39 is 0 Å². The highest BCUT2D eigenvalue weighted by molar-refractivity contribution is 6.38. The van der Waals surface area contributed by atoms with E-state index in [4.69, 9.17) is 10.6 Å². The van der Waals surface area contributed by atoms with Crippen molar-refractivity contribution in [2.24, 2.45) is 21.4 Å². The van der Waals surface area contributed by atoms with Crippen LogP contribution in [0.1, 0.15) is 48.8 Å². The maximum absolute atomic E-state index is 5.77. The van der Waals surface area contributed by atoms with Crippen molar-refractivity contribution in [3.8, 4) is 0 Å². The molecule has 2 aromatic rings. The molecule has 35 heavy (non-hydrogen) atoms. The average molecular weight is 474 g/mol. The molecule has 3 aliphatic rings. The molecular formula is C29H39N5O. The highest BCUT2D eigenvalue weighted by Gasteiger charge is 2.44. The van der Waals surface area contributed by atoms with E-state index in [0.717, 1.165) is 50.4 Å². The van der Waals surface area contributed by atoms with Gasteiger partial charge in [-0.05, 0) is 75.4 Å². The topological polar surface area (TPSA) is 66.5 Å². The summed E-state index contributed by atoms with van der Waals surface area (Å²) in [5, 5.41) is 4.02. The predicted octanol–water partition coefficient (Wildman–Crippen LogP) is 4.40. The van der Waals surface area contributed by atoms with Crippen LogP contribution in [0, 0.1) is 12.3 Å². The second-order valence-corrected chi connectivity index (χ2v) is 10.6. The molecule has 1 unspecified atom stereocenters. The Morgan fingerprint density at radius 3 is 2.60 bits per heavy atom. The number of nitrogens with zero attached hydrogens (tertiary/aromatic N) is 4. The third kappa shape index (κ3) is 5.76. The summed E-state index contributed by atoms with van der Waals surface area (Å²) >= 11 is 0. The summed E-state index contributed by atoms with van der Waals surface area (Å²) in [4.78, 5) is 9.72. The fourth-order valence-corrected chi connectivity index (χ4v) is 5.80. The number of rotatable bonds is 7. The van der Waals surface area contributed by atoms with Gasteiger partial charge in [-0.25, -0.2) is 0 Å². The van der Waals surface area contributed by atoms with Crippen molar-refractivity contribution >= 4 is 17.6 Å². The number of hydrazone groups is 1. The number of aliphatic imine (C=N–C) groups is 1. The van der Waals surface area contributed by atoms with Gasteiger partial charge in [0.25, 0.3) is 0 Å². The minimum atomic E-state index is 0.228. The summed E-state index contributed by atoms with van der Waals surface area (Å²) in [5.74, 6) is 5.73. The van der Waals surface area contributed by atoms with Crippen molar-refractivity contribution in [2.75, 3.05) is 44.2 Å². The van der Waals surface area contributed by atoms with Gasteiger partial charge in [0.15, 0.2) is 0 Å². The molecule has 0 bridgehead atoms. The van der Waals surface area contributed by atoms with Crippen molar-refractivity contribution in [1.29, 1.82) is 0 Å². The fraction of sp³-hybridized carbons (Fsp3) is 0.517. The molecule has 0 amide bonds. The first-order valence-corrected chi connectivity index (χ1v) is 13.2. The second-order valence-electron chi connectivity index (χ2n) is 10.6. The summed E-state index contributed by atoms with van der Waals surface area (Å²) in [6.45, 7) is 9.45. The maximum atomic E-state index is 5.77. The van der Waals surface area contributed by atoms with Crippen LogP contribution in [0.3, 0.4) is 0 Å². The van der Waals surface area contributed by atoms with E-state index in [1.54, 1.807) is 0 Å². The molecule has 2 N–H and O–H groups in total. The predicted molar refractivity (Wildman–Crippen MR) is 144 cm³/mol. The van der Waals surface area contributed by atoms with Crippen molar-refractivity contribution in [3.05, 3.63) is 65.2 Å². The monoisotopic (exact) mass is 473 g/mol. The van der Waals surface area contributed by atoms with Gasteiger partial charge in [0.2, 0.25) is 0 Å². The number of aryl methyl sites for hydroxylation is 1. The first-order valence-electron chi connectivity index (χ1n) is 13.2. The Morgan fingerprint density at radius 2 is 1.91 bits per heavy atom. The number of hydrogen-bond acceptors (Lipinski definition) is 6. The SMILES string of the molecule is Cc1cc(N2CC3(CCN(Cc4ccccc4)CC3)C2)ccc1/C(C=NCC1CCCCO1)=N/N. The smallest absolute Gasteiger partial charge is 0.108 e. The van der Waals surface area contributed by atoms with Crippen LogP contribution in [-0.2, 0) is 11.3 Å². The zero-order valence-corrected chi connectivity index (χ0v) is 21.0. The lowest BCUT2D eigenvalue weighted by molar-refractivity contribution is 0.0226. The molecule has 0 aliphatic carbocycles. The van der Waals surface area contributed by atoms with Crippen LogP contribution in [0.5, 0.6) is 0 Å². The van der Waals surface area contributed by atoms with E-state index in [1.165, 1.54) is 49.2 Å². The molecule has 3 heterocycles. The van der Waals surface area contributed by atoms with Crippen molar-refractivity contribution < 1.29 is 4.74 Å². The highest BCUT2D eigenvalue weighted by atomic mass is 16.5. The Morgan fingerprint density at radius 1 is 1.11 bits per heavy atom. The number of nitrogens with two attached hydrogens (primary N) is 1. The highest BCUT2D eigenvalue weighted by Crippen LogP contribution is 2.43. The summed E-state index contributed by atoms with van der Waals surface area (Å²) in [5.41, 5.74) is 6.17. The zero-order valence-electron chi connectivity index (χ0n) is 21.0. The lowest BCUT2D eigenvalue weighted by atomic mass is 9.71. The Hall–Kier alpha value is -2.70. The standard InChI is InChI=1S/C29H39N5O/c1-23-17-25(10-11-27(23)28(32-30)19-31-18-26-9-5-6-16-35-26)34-21-29(22-34)12-14-33(15-13-29)20-24-7-3-2-4-8-24/h2-4,7-8,10-11,17,19,26H,5-6,9,12-16,18,20-22,30H2,1H3/b31-19?,32-28+. The lowest BCUT2D eigenvalue weighted by Gasteiger charge is -2.55. The molecule has 6 nitrogen and oxygen atoms in total. The van der Waals surface area contributed by atoms with Gasteiger partial charge in [0.1, 0.15) is 5.71 Å². The third-order valence-electron chi connectivity index (χ3n) is 8.01. The molecular weight excluding hydrogens is 434 g/mol. The van der Waals surface area contributed by atoms with E-state index in [9.17, 15) is 0 Å². The Bertz CT molecular complexity index is 1030. The zero-order chi connectivity index (χ0) is 24.1. The third-order valence-corrected chi connectivity index (χ3v) is 8.01. The van der Waals surface area contributed by atoms with Crippen molar-refractivity contribution in [3.63, 3.8) is 0 Å². The minimum Gasteiger partial charge on any atom is -0.376 e. The van der Waals surface area contributed by atoms with Gasteiger partial charge >= 0.3 is 0 Å². The maximum Gasteiger partial charge on any atom is 0.108 e. The molecule has 1 atom stereocenters. The molecule has 186 valence electrons. The first-order chi connectivity index (χ1) is 17.1. The van der Waals surface area contributed by atoms with Gasteiger partial charge in [0.05, 0.1) is 12.6 Å². The van der Waals surface area contributed by atoms with Crippen LogP contribution >= 0.6 is 0 Å². The number of anilines is 1. The van der Waals surface area contributed by atoms with Gasteiger partial charge in [-0.2, -0.15) is 5.10 Å². The molecule has 3 aliphatic heterocycles. The molecule has 6 heteroatoms. The van der Waals surface area contributed by atoms with Gasteiger partial charge in [0, 0.05) is 49.1 Å². The summed E-state index contributed by atoms with van der Waals surface area (Å²) in [6.07, 6.45) is 8.09. The van der Waals surface area contributed by atoms with E-state index in [1.807, 2.05) is 6.21 Å². The minimum absolute atomic E-state index is 0.228. The Labute approximate surface area is 209 Å². The molecule has 0 aromatic heterocycles. The molecule has 0 radical (unpaired) electrons. The van der Waals surface area contributed by atoms with Gasteiger partial charge < -0.3 is 15.5 Å². The van der Waals surface area contributed by atoms with Crippen molar-refractivity contribution in [2.45, 2.75) is 51.7 Å². The Balaban J connectivity index is 1.13. The van der Waals surface area contributed by atoms with E-state index in [2.05, 4.69) is 75.3 Å². The van der Waals surface area contributed by atoms with E-state index >= 15 is 0 Å². The number of ether oxygens (including phenoxy) is 1. The molecule has 5 rings (SSSR count). The normalized spacial score (nSPS) is 23.1.